The van der Waals surface area contributed by atoms with Gasteiger partial charge in [-0.15, -0.1) is 12.4 Å². The van der Waals surface area contributed by atoms with Crippen LogP contribution in [0.1, 0.15) is 24.8 Å². The molecule has 8 heteroatoms. The Morgan fingerprint density at radius 3 is 2.83 bits per heavy atom. The number of carbonyl (C=O) groups excluding carboxylic acids is 2. The number of piperidine rings is 1. The number of halogens is 1. The number of ether oxygens (including phenoxy) is 2. The number of morpholine rings is 1. The molecule has 0 bridgehead atoms. The molecule has 2 amide bonds. The summed E-state index contributed by atoms with van der Waals surface area (Å²) in [6.45, 7) is 4.78. The van der Waals surface area contributed by atoms with Gasteiger partial charge >= 0.3 is 0 Å². The molecule has 4 rings (SSSR count). The molecule has 160 valence electrons. The van der Waals surface area contributed by atoms with E-state index in [2.05, 4.69) is 5.32 Å². The van der Waals surface area contributed by atoms with E-state index in [0.717, 1.165) is 37.2 Å². The molecule has 7 nitrogen and oxygen atoms in total. The van der Waals surface area contributed by atoms with E-state index in [9.17, 15) is 9.59 Å². The van der Waals surface area contributed by atoms with Crippen molar-refractivity contribution in [1.29, 1.82) is 0 Å². The molecular formula is C21H30ClN3O4. The van der Waals surface area contributed by atoms with Gasteiger partial charge in [-0.05, 0) is 30.5 Å². The summed E-state index contributed by atoms with van der Waals surface area (Å²) in [7, 11) is 1.65. The molecule has 1 unspecified atom stereocenters. The van der Waals surface area contributed by atoms with Gasteiger partial charge < -0.3 is 24.6 Å². The predicted octanol–water partition coefficient (Wildman–Crippen LogP) is 1.45. The average molecular weight is 424 g/mol. The molecule has 0 saturated carbocycles. The van der Waals surface area contributed by atoms with Crippen molar-refractivity contribution in [3.63, 3.8) is 0 Å². The molecule has 1 aromatic carbocycles. The SMILES string of the molecule is COc1cccc(CN2CC3(CCN(C(=O)C4CNCCO4)CC3)CC2=O)c1.Cl. The van der Waals surface area contributed by atoms with Crippen molar-refractivity contribution in [1.82, 2.24) is 15.1 Å². The number of methoxy groups -OCH3 is 1. The fraction of sp³-hybridized carbons (Fsp3) is 0.619. The summed E-state index contributed by atoms with van der Waals surface area (Å²) in [4.78, 5) is 29.2. The van der Waals surface area contributed by atoms with Gasteiger partial charge in [0.2, 0.25) is 5.91 Å². The van der Waals surface area contributed by atoms with Gasteiger partial charge in [0, 0.05) is 51.1 Å². The Bertz CT molecular complexity index is 730. The highest BCUT2D eigenvalue weighted by Gasteiger charge is 2.45. The Morgan fingerprint density at radius 2 is 2.14 bits per heavy atom. The van der Waals surface area contributed by atoms with Gasteiger partial charge in [0.1, 0.15) is 11.9 Å². The monoisotopic (exact) mass is 423 g/mol. The van der Waals surface area contributed by atoms with E-state index in [1.165, 1.54) is 0 Å². The normalized spacial score (nSPS) is 23.8. The second-order valence-electron chi connectivity index (χ2n) is 8.17. The molecule has 3 aliphatic rings. The van der Waals surface area contributed by atoms with Crippen molar-refractivity contribution in [2.75, 3.05) is 46.4 Å². The quantitative estimate of drug-likeness (QED) is 0.793. The first-order chi connectivity index (χ1) is 13.6. The van der Waals surface area contributed by atoms with Crippen LogP contribution in [0.4, 0.5) is 0 Å². The molecule has 3 heterocycles. The molecule has 1 aromatic rings. The smallest absolute Gasteiger partial charge is 0.253 e. The number of amides is 2. The summed E-state index contributed by atoms with van der Waals surface area (Å²) < 4.78 is 10.9. The fourth-order valence-electron chi connectivity index (χ4n) is 4.58. The van der Waals surface area contributed by atoms with Crippen LogP contribution in [0, 0.1) is 5.41 Å². The van der Waals surface area contributed by atoms with Crippen LogP contribution in [-0.2, 0) is 20.9 Å². The van der Waals surface area contributed by atoms with Crippen LogP contribution in [0.5, 0.6) is 5.75 Å². The Kier molecular flexibility index (Phi) is 7.03. The van der Waals surface area contributed by atoms with Gasteiger partial charge in [-0.25, -0.2) is 0 Å². The molecule has 3 aliphatic heterocycles. The lowest BCUT2D eigenvalue weighted by atomic mass is 9.77. The van der Waals surface area contributed by atoms with Gasteiger partial charge in [-0.1, -0.05) is 12.1 Å². The zero-order valence-electron chi connectivity index (χ0n) is 16.9. The van der Waals surface area contributed by atoms with E-state index in [4.69, 9.17) is 9.47 Å². The Balaban J connectivity index is 0.00000240. The van der Waals surface area contributed by atoms with Gasteiger partial charge in [-0.2, -0.15) is 0 Å². The third kappa shape index (κ3) is 4.85. The summed E-state index contributed by atoms with van der Waals surface area (Å²) >= 11 is 0. The lowest BCUT2D eigenvalue weighted by molar-refractivity contribution is -0.147. The molecular weight excluding hydrogens is 394 g/mol. The lowest BCUT2D eigenvalue weighted by Crippen LogP contribution is -2.52. The third-order valence-corrected chi connectivity index (χ3v) is 6.25. The Labute approximate surface area is 178 Å². The third-order valence-electron chi connectivity index (χ3n) is 6.25. The summed E-state index contributed by atoms with van der Waals surface area (Å²) in [5.74, 6) is 1.10. The minimum Gasteiger partial charge on any atom is -0.497 e. The molecule has 29 heavy (non-hydrogen) atoms. The van der Waals surface area contributed by atoms with E-state index in [1.54, 1.807) is 7.11 Å². The summed E-state index contributed by atoms with van der Waals surface area (Å²) in [5, 5.41) is 3.21. The van der Waals surface area contributed by atoms with Crippen molar-refractivity contribution >= 4 is 24.2 Å². The Hall–Kier alpha value is -1.83. The van der Waals surface area contributed by atoms with Gasteiger partial charge in [0.25, 0.3) is 5.91 Å². The summed E-state index contributed by atoms with van der Waals surface area (Å²) in [6.07, 6.45) is 1.97. The first kappa shape index (κ1) is 21.9. The second kappa shape index (κ2) is 9.32. The number of likely N-dealkylation sites (tertiary alicyclic amines) is 2. The highest BCUT2D eigenvalue weighted by molar-refractivity contribution is 5.85. The lowest BCUT2D eigenvalue weighted by Gasteiger charge is -2.40. The zero-order valence-corrected chi connectivity index (χ0v) is 17.7. The van der Waals surface area contributed by atoms with Crippen LogP contribution in [0.25, 0.3) is 0 Å². The van der Waals surface area contributed by atoms with Crippen LogP contribution in [0.2, 0.25) is 0 Å². The van der Waals surface area contributed by atoms with Crippen molar-refractivity contribution in [2.24, 2.45) is 5.41 Å². The maximum atomic E-state index is 12.7. The average Bonchev–Trinajstić information content (AvgIpc) is 3.03. The van der Waals surface area contributed by atoms with E-state index < -0.39 is 0 Å². The maximum absolute atomic E-state index is 12.7. The van der Waals surface area contributed by atoms with Crippen molar-refractivity contribution in [3.8, 4) is 5.75 Å². The van der Waals surface area contributed by atoms with Crippen LogP contribution < -0.4 is 10.1 Å². The van der Waals surface area contributed by atoms with Crippen molar-refractivity contribution < 1.29 is 19.1 Å². The number of benzene rings is 1. The number of nitrogens with zero attached hydrogens (tertiary/aromatic N) is 2. The molecule has 0 radical (unpaired) electrons. The topological polar surface area (TPSA) is 71.1 Å². The van der Waals surface area contributed by atoms with Crippen LogP contribution in [-0.4, -0.2) is 74.2 Å². The van der Waals surface area contributed by atoms with E-state index in [1.807, 2.05) is 34.1 Å². The minimum absolute atomic E-state index is 0. The maximum Gasteiger partial charge on any atom is 0.253 e. The molecule has 1 spiro atoms. The Morgan fingerprint density at radius 1 is 1.34 bits per heavy atom. The van der Waals surface area contributed by atoms with Crippen molar-refractivity contribution in [2.45, 2.75) is 31.9 Å². The summed E-state index contributed by atoms with van der Waals surface area (Å²) in [6, 6.07) is 7.88. The van der Waals surface area contributed by atoms with Crippen LogP contribution in [0.3, 0.4) is 0 Å². The van der Waals surface area contributed by atoms with Crippen LogP contribution in [0.15, 0.2) is 24.3 Å². The van der Waals surface area contributed by atoms with E-state index >= 15 is 0 Å². The highest BCUT2D eigenvalue weighted by atomic mass is 35.5. The number of carbonyl (C=O) groups is 2. The van der Waals surface area contributed by atoms with Crippen LogP contribution >= 0.6 is 12.4 Å². The first-order valence-corrected chi connectivity index (χ1v) is 10.1. The second-order valence-corrected chi connectivity index (χ2v) is 8.17. The molecule has 1 N–H and O–H groups in total. The molecule has 0 aliphatic carbocycles. The van der Waals surface area contributed by atoms with Crippen molar-refractivity contribution in [3.05, 3.63) is 29.8 Å². The first-order valence-electron chi connectivity index (χ1n) is 10.1. The molecule has 3 saturated heterocycles. The molecule has 3 fully saturated rings. The van der Waals surface area contributed by atoms with Gasteiger partial charge in [0.15, 0.2) is 0 Å². The standard InChI is InChI=1S/C21H29N3O4.ClH/c1-27-17-4-2-3-16(11-17)14-24-15-21(12-19(24)25)5-8-23(9-6-21)20(26)18-13-22-7-10-28-18;/h2-4,11,18,22H,5-10,12-15H2,1H3;1H. The number of hydrogen-bond acceptors (Lipinski definition) is 5. The summed E-state index contributed by atoms with van der Waals surface area (Å²) in [5.41, 5.74) is 1.08. The number of rotatable bonds is 4. The van der Waals surface area contributed by atoms with E-state index in [0.29, 0.717) is 39.2 Å². The number of hydrogen-bond donors (Lipinski definition) is 1. The van der Waals surface area contributed by atoms with Gasteiger partial charge in [0.05, 0.1) is 13.7 Å². The fourth-order valence-corrected chi connectivity index (χ4v) is 4.58. The predicted molar refractivity (Wildman–Crippen MR) is 111 cm³/mol. The largest absolute Gasteiger partial charge is 0.497 e. The molecule has 1 atom stereocenters. The number of nitrogens with one attached hydrogen (secondary N) is 1. The highest BCUT2D eigenvalue weighted by Crippen LogP contribution is 2.41. The molecule has 0 aromatic heterocycles. The van der Waals surface area contributed by atoms with E-state index in [-0.39, 0.29) is 35.7 Å². The minimum atomic E-state index is -0.363. The van der Waals surface area contributed by atoms with Gasteiger partial charge in [-0.3, -0.25) is 9.59 Å². The zero-order chi connectivity index (χ0) is 19.6.